The minimum absolute atomic E-state index is 0.0640. The summed E-state index contributed by atoms with van der Waals surface area (Å²) in [6, 6.07) is 14.6. The summed E-state index contributed by atoms with van der Waals surface area (Å²) < 4.78 is 17.8. The van der Waals surface area contributed by atoms with Gasteiger partial charge in [0.1, 0.15) is 35.6 Å². The molecule has 0 saturated heterocycles. The number of nitrogens with zero attached hydrogens (tertiary/aromatic N) is 3. The van der Waals surface area contributed by atoms with Crippen molar-refractivity contribution < 1.29 is 19.0 Å². The zero-order valence-electron chi connectivity index (χ0n) is 18.7. The van der Waals surface area contributed by atoms with Crippen LogP contribution in [0.4, 0.5) is 5.13 Å². The Balaban J connectivity index is 1.61. The van der Waals surface area contributed by atoms with Crippen LogP contribution >= 0.6 is 27.3 Å². The second kappa shape index (κ2) is 12.7. The molecule has 3 aromatic rings. The standard InChI is InChI=1S/C24H23BrN4O4S/c1-3-4-22-28-29-24(34-22)27-23(30)17(15-26)13-16-5-10-20(21(14-16)31-2)33-12-11-32-19-8-6-18(25)7-9-19/h5-10,13-14H,3-4,11-12H2,1-2H3,(H,27,29,30)/b17-13-. The molecule has 0 fully saturated rings. The third-order valence-electron chi connectivity index (χ3n) is 4.44. The zero-order valence-corrected chi connectivity index (χ0v) is 21.1. The van der Waals surface area contributed by atoms with Gasteiger partial charge < -0.3 is 14.2 Å². The molecule has 0 aliphatic rings. The van der Waals surface area contributed by atoms with Gasteiger partial charge in [-0.3, -0.25) is 10.1 Å². The number of amides is 1. The predicted molar refractivity (Wildman–Crippen MR) is 134 cm³/mol. The monoisotopic (exact) mass is 542 g/mol. The molecule has 2 aromatic carbocycles. The van der Waals surface area contributed by atoms with E-state index < -0.39 is 5.91 Å². The van der Waals surface area contributed by atoms with Crippen molar-refractivity contribution in [2.24, 2.45) is 0 Å². The number of anilines is 1. The van der Waals surface area contributed by atoms with Crippen LogP contribution in [0.1, 0.15) is 23.9 Å². The summed E-state index contributed by atoms with van der Waals surface area (Å²) in [6.07, 6.45) is 3.21. The van der Waals surface area contributed by atoms with Gasteiger partial charge >= 0.3 is 0 Å². The molecule has 0 atom stereocenters. The quantitative estimate of drug-likeness (QED) is 0.200. The molecule has 1 amide bonds. The van der Waals surface area contributed by atoms with Crippen LogP contribution in [-0.4, -0.2) is 36.4 Å². The van der Waals surface area contributed by atoms with Gasteiger partial charge in [0.15, 0.2) is 11.5 Å². The second-order valence-corrected chi connectivity index (χ2v) is 8.91. The van der Waals surface area contributed by atoms with Gasteiger partial charge in [0.25, 0.3) is 5.91 Å². The maximum atomic E-state index is 12.5. The van der Waals surface area contributed by atoms with Crippen LogP contribution in [0.15, 0.2) is 52.5 Å². The van der Waals surface area contributed by atoms with Gasteiger partial charge in [-0.1, -0.05) is 40.3 Å². The van der Waals surface area contributed by atoms with Crippen LogP contribution in [-0.2, 0) is 11.2 Å². The normalized spacial score (nSPS) is 10.9. The molecule has 176 valence electrons. The van der Waals surface area contributed by atoms with Crippen molar-refractivity contribution in [1.82, 2.24) is 10.2 Å². The van der Waals surface area contributed by atoms with E-state index in [0.29, 0.717) is 35.4 Å². The first-order valence-corrected chi connectivity index (χ1v) is 12.1. The molecule has 10 heteroatoms. The minimum atomic E-state index is -0.550. The Hall–Kier alpha value is -3.42. The van der Waals surface area contributed by atoms with Gasteiger partial charge in [0.2, 0.25) is 5.13 Å². The van der Waals surface area contributed by atoms with E-state index in [1.54, 1.807) is 18.2 Å². The lowest BCUT2D eigenvalue weighted by molar-refractivity contribution is -0.112. The third kappa shape index (κ3) is 7.30. The van der Waals surface area contributed by atoms with E-state index in [2.05, 4.69) is 31.4 Å². The molecule has 1 aromatic heterocycles. The first kappa shape index (κ1) is 25.2. The largest absolute Gasteiger partial charge is 0.493 e. The van der Waals surface area contributed by atoms with E-state index in [1.165, 1.54) is 24.5 Å². The lowest BCUT2D eigenvalue weighted by Gasteiger charge is -2.12. The third-order valence-corrected chi connectivity index (χ3v) is 5.87. The van der Waals surface area contributed by atoms with Crippen molar-refractivity contribution in [2.75, 3.05) is 25.6 Å². The van der Waals surface area contributed by atoms with Crippen molar-refractivity contribution >= 4 is 44.4 Å². The molecule has 3 rings (SSSR count). The van der Waals surface area contributed by atoms with Gasteiger partial charge in [-0.2, -0.15) is 5.26 Å². The van der Waals surface area contributed by atoms with Crippen LogP contribution in [0.25, 0.3) is 6.08 Å². The minimum Gasteiger partial charge on any atom is -0.493 e. The van der Waals surface area contributed by atoms with Crippen LogP contribution in [0.3, 0.4) is 0 Å². The van der Waals surface area contributed by atoms with Crippen LogP contribution < -0.4 is 19.5 Å². The van der Waals surface area contributed by atoms with Crippen molar-refractivity contribution in [1.29, 1.82) is 5.26 Å². The number of hydrogen-bond acceptors (Lipinski definition) is 8. The van der Waals surface area contributed by atoms with E-state index in [-0.39, 0.29) is 5.57 Å². The van der Waals surface area contributed by atoms with E-state index in [1.807, 2.05) is 37.3 Å². The number of aromatic nitrogens is 2. The number of nitrogens with one attached hydrogen (secondary N) is 1. The molecule has 0 bridgehead atoms. The number of rotatable bonds is 11. The molecular weight excluding hydrogens is 520 g/mol. The average molecular weight is 543 g/mol. The molecule has 1 heterocycles. The van der Waals surface area contributed by atoms with Crippen LogP contribution in [0, 0.1) is 11.3 Å². The topological polar surface area (TPSA) is 106 Å². The predicted octanol–water partition coefficient (Wildman–Crippen LogP) is 5.27. The highest BCUT2D eigenvalue weighted by Crippen LogP contribution is 2.29. The zero-order chi connectivity index (χ0) is 24.3. The molecule has 0 aliphatic heterocycles. The number of aryl methyl sites for hydroxylation is 1. The lowest BCUT2D eigenvalue weighted by Crippen LogP contribution is -2.13. The van der Waals surface area contributed by atoms with Gasteiger partial charge in [-0.05, 0) is 54.5 Å². The fourth-order valence-corrected chi connectivity index (χ4v) is 3.93. The van der Waals surface area contributed by atoms with Gasteiger partial charge in [-0.15, -0.1) is 10.2 Å². The Labute approximate surface area is 210 Å². The van der Waals surface area contributed by atoms with Gasteiger partial charge in [-0.25, -0.2) is 0 Å². The highest BCUT2D eigenvalue weighted by Gasteiger charge is 2.14. The highest BCUT2D eigenvalue weighted by atomic mass is 79.9. The fourth-order valence-electron chi connectivity index (χ4n) is 2.83. The van der Waals surface area contributed by atoms with Crippen LogP contribution in [0.5, 0.6) is 17.2 Å². The first-order chi connectivity index (χ1) is 16.5. The molecule has 34 heavy (non-hydrogen) atoms. The smallest absolute Gasteiger partial charge is 0.268 e. The SMILES string of the molecule is CCCc1nnc(NC(=O)/C(C#N)=C\c2ccc(OCCOc3ccc(Br)cc3)c(OC)c2)s1. The number of ether oxygens (including phenoxy) is 3. The Bertz CT molecular complexity index is 1190. The maximum absolute atomic E-state index is 12.5. The lowest BCUT2D eigenvalue weighted by atomic mass is 10.1. The number of carbonyl (C=O) groups excluding carboxylic acids is 1. The van der Waals surface area contributed by atoms with Gasteiger partial charge in [0.05, 0.1) is 7.11 Å². The molecule has 0 radical (unpaired) electrons. The summed E-state index contributed by atoms with van der Waals surface area (Å²) in [6.45, 7) is 2.71. The van der Waals surface area contributed by atoms with Gasteiger partial charge in [0, 0.05) is 10.9 Å². The molecule has 8 nitrogen and oxygen atoms in total. The number of benzene rings is 2. The van der Waals surface area contributed by atoms with Crippen LogP contribution in [0.2, 0.25) is 0 Å². The van der Waals surface area contributed by atoms with E-state index >= 15 is 0 Å². The molecule has 0 aliphatic carbocycles. The number of nitriles is 1. The molecule has 0 saturated carbocycles. The van der Waals surface area contributed by atoms with Crippen molar-refractivity contribution in [3.05, 3.63) is 63.1 Å². The Morgan fingerprint density at radius 3 is 2.62 bits per heavy atom. The Morgan fingerprint density at radius 1 is 1.15 bits per heavy atom. The summed E-state index contributed by atoms with van der Waals surface area (Å²) in [7, 11) is 1.52. The second-order valence-electron chi connectivity index (χ2n) is 6.94. The summed E-state index contributed by atoms with van der Waals surface area (Å²) in [5.41, 5.74) is 0.553. The summed E-state index contributed by atoms with van der Waals surface area (Å²) in [5, 5.41) is 21.3. The first-order valence-electron chi connectivity index (χ1n) is 10.5. The molecule has 0 spiro atoms. The number of hydrogen-bond donors (Lipinski definition) is 1. The average Bonchev–Trinajstić information content (AvgIpc) is 3.28. The summed E-state index contributed by atoms with van der Waals surface area (Å²) in [4.78, 5) is 12.5. The van der Waals surface area contributed by atoms with Crippen molar-refractivity contribution in [3.63, 3.8) is 0 Å². The van der Waals surface area contributed by atoms with Crippen molar-refractivity contribution in [3.8, 4) is 23.3 Å². The summed E-state index contributed by atoms with van der Waals surface area (Å²) >= 11 is 4.68. The summed E-state index contributed by atoms with van der Waals surface area (Å²) in [5.74, 6) is 1.20. The maximum Gasteiger partial charge on any atom is 0.268 e. The highest BCUT2D eigenvalue weighted by molar-refractivity contribution is 9.10. The molecule has 0 unspecified atom stereocenters. The molecular formula is C24H23BrN4O4S. The Morgan fingerprint density at radius 2 is 1.91 bits per heavy atom. The molecule has 1 N–H and O–H groups in total. The van der Waals surface area contributed by atoms with Crippen molar-refractivity contribution in [2.45, 2.75) is 19.8 Å². The van der Waals surface area contributed by atoms with E-state index in [9.17, 15) is 10.1 Å². The number of carbonyl (C=O) groups is 1. The van der Waals surface area contributed by atoms with E-state index in [4.69, 9.17) is 14.2 Å². The Kier molecular flexibility index (Phi) is 9.43. The number of methoxy groups -OCH3 is 1. The number of halogens is 1. The van der Waals surface area contributed by atoms with E-state index in [0.717, 1.165) is 28.1 Å². The fraction of sp³-hybridized carbons (Fsp3) is 0.250.